The Hall–Kier alpha value is -2.53. The molecule has 2 atom stereocenters. The lowest BCUT2D eigenvalue weighted by atomic mass is 10.0. The number of hydrogen-bond acceptors (Lipinski definition) is 4. The molecule has 2 N–H and O–H groups in total. The smallest absolute Gasteiger partial charge is 0.415 e. The number of rotatable bonds is 2. The van der Waals surface area contributed by atoms with E-state index in [9.17, 15) is 4.79 Å². The minimum atomic E-state index is -0.350. The van der Waals surface area contributed by atoms with Gasteiger partial charge in [0.05, 0.1) is 5.69 Å². The van der Waals surface area contributed by atoms with Gasteiger partial charge in [0, 0.05) is 6.54 Å². The fraction of sp³-hybridized carbons (Fsp3) is 0.235. The van der Waals surface area contributed by atoms with Gasteiger partial charge in [-0.3, -0.25) is 4.90 Å². The number of nitrogens with two attached hydrogens (primary N) is 1. The van der Waals surface area contributed by atoms with Gasteiger partial charge in [0.25, 0.3) is 0 Å². The first-order valence-electron chi connectivity index (χ1n) is 7.30. The number of cyclic esters (lactones) is 1. The molecular weight excluding hydrogens is 280 g/mol. The number of hydrogen-bond donors (Lipinski definition) is 1. The molecule has 1 amide bonds. The monoisotopic (exact) mass is 296 g/mol. The molecule has 0 radical (unpaired) electrons. The van der Waals surface area contributed by atoms with Crippen molar-refractivity contribution in [3.05, 3.63) is 48.5 Å². The Morgan fingerprint density at radius 1 is 1.14 bits per heavy atom. The van der Waals surface area contributed by atoms with Crippen LogP contribution < -0.4 is 15.4 Å². The molecule has 1 fully saturated rings. The molecule has 5 heteroatoms. The average molecular weight is 296 g/mol. The first-order valence-corrected chi connectivity index (χ1v) is 7.30. The summed E-state index contributed by atoms with van der Waals surface area (Å²) in [5, 5.41) is 0. The van der Waals surface area contributed by atoms with E-state index < -0.39 is 0 Å². The summed E-state index contributed by atoms with van der Waals surface area (Å²) in [4.78, 5) is 13.7. The third-order valence-electron chi connectivity index (χ3n) is 4.18. The summed E-state index contributed by atoms with van der Waals surface area (Å²) in [5.74, 6) is 0.701. The quantitative estimate of drug-likeness (QED) is 0.924. The lowest BCUT2D eigenvalue weighted by Crippen LogP contribution is -2.46. The predicted molar refractivity (Wildman–Crippen MR) is 83.0 cm³/mol. The second-order valence-electron chi connectivity index (χ2n) is 5.45. The van der Waals surface area contributed by atoms with Crippen LogP contribution in [0.4, 0.5) is 10.5 Å². The highest BCUT2D eigenvalue weighted by atomic mass is 16.6. The van der Waals surface area contributed by atoms with Crippen LogP contribution in [0.3, 0.4) is 0 Å². The first kappa shape index (κ1) is 13.2. The van der Waals surface area contributed by atoms with Crippen LogP contribution in [0.5, 0.6) is 5.75 Å². The van der Waals surface area contributed by atoms with E-state index in [0.29, 0.717) is 18.9 Å². The van der Waals surface area contributed by atoms with Gasteiger partial charge in [0.15, 0.2) is 0 Å². The maximum Gasteiger partial charge on any atom is 0.415 e. The molecule has 4 rings (SSSR count). The van der Waals surface area contributed by atoms with Crippen molar-refractivity contribution in [2.45, 2.75) is 12.1 Å². The van der Waals surface area contributed by atoms with Crippen LogP contribution >= 0.6 is 0 Å². The Labute approximate surface area is 128 Å². The minimum absolute atomic E-state index is 0.146. The highest BCUT2D eigenvalue weighted by molar-refractivity contribution is 5.94. The number of carbonyl (C=O) groups excluding carboxylic acids is 1. The van der Waals surface area contributed by atoms with Crippen molar-refractivity contribution in [1.82, 2.24) is 0 Å². The van der Waals surface area contributed by atoms with Gasteiger partial charge in [-0.1, -0.05) is 36.4 Å². The van der Waals surface area contributed by atoms with E-state index in [1.54, 1.807) is 4.90 Å². The van der Waals surface area contributed by atoms with Crippen molar-refractivity contribution in [1.29, 1.82) is 0 Å². The van der Waals surface area contributed by atoms with E-state index in [0.717, 1.165) is 16.8 Å². The largest absolute Gasteiger partial charge is 0.489 e. The summed E-state index contributed by atoms with van der Waals surface area (Å²) in [6, 6.07) is 15.8. The van der Waals surface area contributed by atoms with Crippen LogP contribution in [0.1, 0.15) is 0 Å². The van der Waals surface area contributed by atoms with E-state index in [1.807, 2.05) is 48.5 Å². The van der Waals surface area contributed by atoms with Crippen molar-refractivity contribution in [3.63, 3.8) is 0 Å². The van der Waals surface area contributed by atoms with Gasteiger partial charge in [0.1, 0.15) is 24.5 Å². The van der Waals surface area contributed by atoms with Crippen LogP contribution in [-0.2, 0) is 4.74 Å². The van der Waals surface area contributed by atoms with E-state index in [2.05, 4.69) is 0 Å². The third-order valence-corrected chi connectivity index (χ3v) is 4.18. The molecule has 0 aromatic heterocycles. The summed E-state index contributed by atoms with van der Waals surface area (Å²) < 4.78 is 11.2. The van der Waals surface area contributed by atoms with Crippen LogP contribution in [-0.4, -0.2) is 31.4 Å². The topological polar surface area (TPSA) is 64.8 Å². The van der Waals surface area contributed by atoms with Crippen LogP contribution in [0.2, 0.25) is 0 Å². The van der Waals surface area contributed by atoms with Crippen molar-refractivity contribution in [3.8, 4) is 16.9 Å². The fourth-order valence-electron chi connectivity index (χ4n) is 3.04. The van der Waals surface area contributed by atoms with Gasteiger partial charge < -0.3 is 15.2 Å². The van der Waals surface area contributed by atoms with E-state index in [1.165, 1.54) is 0 Å². The highest BCUT2D eigenvalue weighted by Crippen LogP contribution is 2.40. The Morgan fingerprint density at radius 3 is 2.73 bits per heavy atom. The summed E-state index contributed by atoms with van der Waals surface area (Å²) in [5.41, 5.74) is 8.58. The average Bonchev–Trinajstić information content (AvgIpc) is 2.91. The maximum absolute atomic E-state index is 12.1. The van der Waals surface area contributed by atoms with Crippen LogP contribution in [0.25, 0.3) is 11.1 Å². The molecule has 22 heavy (non-hydrogen) atoms. The van der Waals surface area contributed by atoms with Crippen LogP contribution in [0, 0.1) is 0 Å². The zero-order valence-corrected chi connectivity index (χ0v) is 11.9. The molecule has 0 bridgehead atoms. The van der Waals surface area contributed by atoms with Crippen LogP contribution in [0.15, 0.2) is 48.5 Å². The molecule has 0 spiro atoms. The van der Waals surface area contributed by atoms with Crippen molar-refractivity contribution < 1.29 is 14.3 Å². The van der Waals surface area contributed by atoms with Gasteiger partial charge in [0.2, 0.25) is 0 Å². The van der Waals surface area contributed by atoms with Crippen molar-refractivity contribution >= 4 is 11.8 Å². The Morgan fingerprint density at radius 2 is 1.95 bits per heavy atom. The molecule has 2 heterocycles. The van der Waals surface area contributed by atoms with Gasteiger partial charge in [-0.05, 0) is 23.3 Å². The molecule has 2 aromatic rings. The number of ether oxygens (including phenoxy) is 2. The van der Waals surface area contributed by atoms with E-state index in [-0.39, 0.29) is 18.2 Å². The first-order chi connectivity index (χ1) is 10.8. The van der Waals surface area contributed by atoms with Gasteiger partial charge >= 0.3 is 6.09 Å². The Balaban J connectivity index is 1.73. The van der Waals surface area contributed by atoms with Gasteiger partial charge in [-0.25, -0.2) is 4.79 Å². The molecule has 5 nitrogen and oxygen atoms in total. The molecule has 0 unspecified atom stereocenters. The third kappa shape index (κ3) is 1.94. The molecule has 112 valence electrons. The lowest BCUT2D eigenvalue weighted by molar-refractivity contribution is 0.126. The Bertz CT molecular complexity index is 717. The molecule has 2 aliphatic rings. The zero-order valence-electron chi connectivity index (χ0n) is 11.9. The molecule has 1 saturated heterocycles. The predicted octanol–water partition coefficient (Wildman–Crippen LogP) is 2.40. The number of carbonyl (C=O) groups is 1. The fourth-order valence-corrected chi connectivity index (χ4v) is 3.04. The van der Waals surface area contributed by atoms with Crippen molar-refractivity contribution in [2.24, 2.45) is 5.73 Å². The summed E-state index contributed by atoms with van der Waals surface area (Å²) in [7, 11) is 0. The maximum atomic E-state index is 12.1. The summed E-state index contributed by atoms with van der Waals surface area (Å²) >= 11 is 0. The lowest BCUT2D eigenvalue weighted by Gasteiger charge is -2.31. The molecular formula is C17H16N2O3. The number of benzene rings is 2. The van der Waals surface area contributed by atoms with Gasteiger partial charge in [-0.2, -0.15) is 0 Å². The van der Waals surface area contributed by atoms with Gasteiger partial charge in [-0.15, -0.1) is 0 Å². The standard InChI is InChI=1S/C17H16N2O3/c18-9-16-14-10-21-15-8-12(11-4-2-1-3-5-11)6-7-13(15)19(14)17(20)22-16/h1-8,14,16H,9-10,18H2/t14-,16-/m0/s1. The van der Waals surface area contributed by atoms with Crippen molar-refractivity contribution in [2.75, 3.05) is 18.1 Å². The molecule has 0 saturated carbocycles. The molecule has 0 aliphatic carbocycles. The van der Waals surface area contributed by atoms with E-state index in [4.69, 9.17) is 15.2 Å². The normalized spacial score (nSPS) is 22.6. The number of anilines is 1. The summed E-state index contributed by atoms with van der Waals surface area (Å²) in [6.45, 7) is 0.701. The highest BCUT2D eigenvalue weighted by Gasteiger charge is 2.45. The zero-order chi connectivity index (χ0) is 15.1. The second kappa shape index (κ2) is 5.03. The number of fused-ring (bicyclic) bond motifs is 3. The minimum Gasteiger partial charge on any atom is -0.489 e. The Kier molecular flexibility index (Phi) is 3.01. The summed E-state index contributed by atoms with van der Waals surface area (Å²) in [6.07, 6.45) is -0.660. The van der Waals surface area contributed by atoms with E-state index >= 15 is 0 Å². The number of nitrogens with zero attached hydrogens (tertiary/aromatic N) is 1. The second-order valence-corrected chi connectivity index (χ2v) is 5.45. The SMILES string of the molecule is NC[C@@H]1OC(=O)N2c3ccc(-c4ccccc4)cc3OC[C@@H]12. The molecule has 2 aromatic carbocycles. The number of amides is 1. The molecule has 2 aliphatic heterocycles.